The molecule has 17 heavy (non-hydrogen) atoms. The Labute approximate surface area is 108 Å². The van der Waals surface area contributed by atoms with E-state index < -0.39 is 0 Å². The maximum atomic E-state index is 4.71. The molecule has 0 radical (unpaired) electrons. The highest BCUT2D eigenvalue weighted by Gasteiger charge is 2.41. The number of aromatic nitrogens is 1. The lowest BCUT2D eigenvalue weighted by Crippen LogP contribution is -2.45. The van der Waals surface area contributed by atoms with Gasteiger partial charge in [-0.15, -0.1) is 11.3 Å². The Balaban J connectivity index is 2.23. The van der Waals surface area contributed by atoms with Crippen LogP contribution < -0.4 is 5.32 Å². The summed E-state index contributed by atoms with van der Waals surface area (Å²) in [5.41, 5.74) is 1.24. The fourth-order valence-electron chi connectivity index (χ4n) is 2.59. The van der Waals surface area contributed by atoms with Gasteiger partial charge in [-0.05, 0) is 33.7 Å². The molecule has 1 aliphatic heterocycles. The summed E-state index contributed by atoms with van der Waals surface area (Å²) in [4.78, 5) is 7.25. The third-order valence-corrected chi connectivity index (χ3v) is 4.74. The molecule has 0 spiro atoms. The number of nitrogens with one attached hydrogen (secondary N) is 1. The van der Waals surface area contributed by atoms with Gasteiger partial charge in [0.05, 0.1) is 5.54 Å². The second-order valence-electron chi connectivity index (χ2n) is 5.22. The molecule has 0 aliphatic carbocycles. The monoisotopic (exact) mass is 253 g/mol. The number of likely N-dealkylation sites (N-methyl/N-ethyl adjacent to an activating group) is 1. The van der Waals surface area contributed by atoms with E-state index in [4.69, 9.17) is 4.98 Å². The van der Waals surface area contributed by atoms with Gasteiger partial charge in [0.2, 0.25) is 0 Å². The van der Waals surface area contributed by atoms with Gasteiger partial charge in [-0.25, -0.2) is 4.98 Å². The maximum Gasteiger partial charge on any atom is 0.114 e. The molecule has 0 saturated carbocycles. The van der Waals surface area contributed by atoms with Crippen molar-refractivity contribution in [1.82, 2.24) is 15.2 Å². The number of hydrogen-bond acceptors (Lipinski definition) is 4. The Morgan fingerprint density at radius 2 is 2.35 bits per heavy atom. The lowest BCUT2D eigenvalue weighted by Gasteiger charge is -2.29. The van der Waals surface area contributed by atoms with Crippen LogP contribution in [0.25, 0.3) is 0 Å². The van der Waals surface area contributed by atoms with Crippen LogP contribution in [-0.2, 0) is 5.54 Å². The second-order valence-corrected chi connectivity index (χ2v) is 6.08. The molecule has 1 saturated heterocycles. The summed E-state index contributed by atoms with van der Waals surface area (Å²) in [6.45, 7) is 12.1. The molecule has 1 fully saturated rings. The van der Waals surface area contributed by atoms with Crippen molar-refractivity contribution in [2.24, 2.45) is 0 Å². The predicted octanol–water partition coefficient (Wildman–Crippen LogP) is 2.37. The minimum atomic E-state index is 0.0952. The van der Waals surface area contributed by atoms with Crippen molar-refractivity contribution in [3.05, 3.63) is 16.1 Å². The van der Waals surface area contributed by atoms with Crippen molar-refractivity contribution in [3.8, 4) is 0 Å². The number of aryl methyl sites for hydroxylation is 1. The van der Waals surface area contributed by atoms with Crippen LogP contribution in [0.2, 0.25) is 0 Å². The van der Waals surface area contributed by atoms with Crippen molar-refractivity contribution in [3.63, 3.8) is 0 Å². The van der Waals surface area contributed by atoms with Crippen LogP contribution >= 0.6 is 11.3 Å². The maximum absolute atomic E-state index is 4.71. The Bertz CT molecular complexity index is 374. The van der Waals surface area contributed by atoms with E-state index in [1.807, 2.05) is 0 Å². The Morgan fingerprint density at radius 1 is 1.59 bits per heavy atom. The Morgan fingerprint density at radius 3 is 2.82 bits per heavy atom. The van der Waals surface area contributed by atoms with Crippen molar-refractivity contribution in [2.45, 2.75) is 45.7 Å². The van der Waals surface area contributed by atoms with Gasteiger partial charge in [0.15, 0.2) is 0 Å². The normalized spacial score (nSPS) is 25.9. The van der Waals surface area contributed by atoms with E-state index in [2.05, 4.69) is 43.3 Å². The lowest BCUT2D eigenvalue weighted by atomic mass is 9.99. The van der Waals surface area contributed by atoms with Crippen molar-refractivity contribution in [2.75, 3.05) is 19.6 Å². The number of nitrogens with zero attached hydrogens (tertiary/aromatic N) is 2. The van der Waals surface area contributed by atoms with Crippen LogP contribution in [0.4, 0.5) is 0 Å². The number of rotatable bonds is 4. The van der Waals surface area contributed by atoms with E-state index >= 15 is 0 Å². The molecule has 3 nitrogen and oxygen atoms in total. The van der Waals surface area contributed by atoms with Crippen molar-refractivity contribution in [1.29, 1.82) is 0 Å². The molecule has 2 heterocycles. The van der Waals surface area contributed by atoms with Crippen LogP contribution in [0.3, 0.4) is 0 Å². The number of likely N-dealkylation sites (tertiary alicyclic amines) is 1. The van der Waals surface area contributed by atoms with E-state index in [0.717, 1.165) is 18.8 Å². The van der Waals surface area contributed by atoms with Gasteiger partial charge in [0.25, 0.3) is 0 Å². The summed E-state index contributed by atoms with van der Waals surface area (Å²) in [6.07, 6.45) is 1.17. The van der Waals surface area contributed by atoms with E-state index in [1.165, 1.54) is 18.0 Å². The third kappa shape index (κ3) is 2.54. The standard InChI is InChI=1S/C13H23N3S/c1-5-14-13(12-15-11(4)8-17-12)6-7-16(9-13)10(2)3/h8,10,14H,5-7,9H2,1-4H3. The van der Waals surface area contributed by atoms with Gasteiger partial charge < -0.3 is 5.32 Å². The number of hydrogen-bond donors (Lipinski definition) is 1. The molecule has 4 heteroatoms. The minimum absolute atomic E-state index is 0.0952. The first kappa shape index (κ1) is 13.0. The molecule has 96 valence electrons. The summed E-state index contributed by atoms with van der Waals surface area (Å²) in [7, 11) is 0. The molecule has 1 aromatic heterocycles. The van der Waals surface area contributed by atoms with Crippen LogP contribution in [0, 0.1) is 6.92 Å². The topological polar surface area (TPSA) is 28.2 Å². The van der Waals surface area contributed by atoms with Gasteiger partial charge in [-0.3, -0.25) is 4.90 Å². The van der Waals surface area contributed by atoms with Gasteiger partial charge >= 0.3 is 0 Å². The largest absolute Gasteiger partial charge is 0.305 e. The van der Waals surface area contributed by atoms with Gasteiger partial charge in [-0.1, -0.05) is 6.92 Å². The first-order valence-corrected chi connectivity index (χ1v) is 7.37. The van der Waals surface area contributed by atoms with E-state index in [9.17, 15) is 0 Å². The summed E-state index contributed by atoms with van der Waals surface area (Å²) < 4.78 is 0. The highest BCUT2D eigenvalue weighted by Crippen LogP contribution is 2.34. The van der Waals surface area contributed by atoms with Crippen LogP contribution in [0.1, 0.15) is 37.9 Å². The molecule has 2 rings (SSSR count). The Hall–Kier alpha value is -0.450. The lowest BCUT2D eigenvalue weighted by molar-refractivity contribution is 0.241. The minimum Gasteiger partial charge on any atom is -0.305 e. The first-order chi connectivity index (χ1) is 8.07. The van der Waals surface area contributed by atoms with E-state index in [-0.39, 0.29) is 5.54 Å². The fraction of sp³-hybridized carbons (Fsp3) is 0.769. The SMILES string of the molecule is CCNC1(c2nc(C)cs2)CCN(C(C)C)C1. The molecule has 1 atom stereocenters. The summed E-state index contributed by atoms with van der Waals surface area (Å²) in [5, 5.41) is 7.10. The smallest absolute Gasteiger partial charge is 0.114 e. The summed E-state index contributed by atoms with van der Waals surface area (Å²) >= 11 is 1.80. The zero-order valence-corrected chi connectivity index (χ0v) is 12.1. The second kappa shape index (κ2) is 5.04. The third-order valence-electron chi connectivity index (χ3n) is 3.57. The number of thiazole rings is 1. The molecular formula is C13H23N3S. The van der Waals surface area contributed by atoms with Gasteiger partial charge in [0.1, 0.15) is 5.01 Å². The van der Waals surface area contributed by atoms with Crippen LogP contribution in [-0.4, -0.2) is 35.6 Å². The molecule has 0 bridgehead atoms. The van der Waals surface area contributed by atoms with Crippen molar-refractivity contribution >= 4 is 11.3 Å². The van der Waals surface area contributed by atoms with Gasteiger partial charge in [-0.2, -0.15) is 0 Å². The average Bonchev–Trinajstić information content (AvgIpc) is 2.86. The molecule has 1 aromatic rings. The van der Waals surface area contributed by atoms with E-state index in [0.29, 0.717) is 6.04 Å². The quantitative estimate of drug-likeness (QED) is 0.893. The zero-order valence-electron chi connectivity index (χ0n) is 11.3. The first-order valence-electron chi connectivity index (χ1n) is 6.49. The van der Waals surface area contributed by atoms with Crippen LogP contribution in [0.15, 0.2) is 5.38 Å². The molecular weight excluding hydrogens is 230 g/mol. The summed E-state index contributed by atoms with van der Waals surface area (Å²) in [6, 6.07) is 0.622. The fourth-order valence-corrected chi connectivity index (χ4v) is 3.58. The highest BCUT2D eigenvalue weighted by atomic mass is 32.1. The Kier molecular flexibility index (Phi) is 3.85. The highest BCUT2D eigenvalue weighted by molar-refractivity contribution is 7.09. The molecule has 1 aliphatic rings. The molecule has 0 amide bonds. The molecule has 1 unspecified atom stereocenters. The van der Waals surface area contributed by atoms with Crippen molar-refractivity contribution < 1.29 is 0 Å². The average molecular weight is 253 g/mol. The summed E-state index contributed by atoms with van der Waals surface area (Å²) in [5.74, 6) is 0. The van der Waals surface area contributed by atoms with Crippen LogP contribution in [0.5, 0.6) is 0 Å². The predicted molar refractivity (Wildman–Crippen MR) is 73.5 cm³/mol. The van der Waals surface area contributed by atoms with E-state index in [1.54, 1.807) is 11.3 Å². The zero-order chi connectivity index (χ0) is 12.5. The van der Waals surface area contributed by atoms with Gasteiger partial charge in [0, 0.05) is 30.2 Å². The molecule has 0 aromatic carbocycles. The molecule has 1 N–H and O–H groups in total.